The van der Waals surface area contributed by atoms with Gasteiger partial charge in [0.25, 0.3) is 0 Å². The van der Waals surface area contributed by atoms with Gasteiger partial charge in [-0.2, -0.15) is 0 Å². The molecule has 98 valence electrons. The molecule has 0 aromatic heterocycles. The predicted molar refractivity (Wildman–Crippen MR) is 68.1 cm³/mol. The maximum atomic E-state index is 10.7. The largest absolute Gasteiger partial charge is 2.00 e. The molecule has 2 rings (SSSR count). The molecule has 0 heterocycles. The molecule has 0 spiro atoms. The topological polar surface area (TPSA) is 80.3 Å². The zero-order chi connectivity index (χ0) is 14.4. The van der Waals surface area contributed by atoms with E-state index in [9.17, 15) is 19.8 Å². The van der Waals surface area contributed by atoms with Crippen LogP contribution in [0.2, 0.25) is 0 Å². The quantitative estimate of drug-likeness (QED) is 0.596. The number of fused-ring (bicyclic) bond motifs is 1. The first kappa shape index (κ1) is 18.0. The van der Waals surface area contributed by atoms with Crippen LogP contribution >= 0.6 is 0 Å². The molecule has 0 atom stereocenters. The van der Waals surface area contributed by atoms with Crippen molar-refractivity contribution in [2.24, 2.45) is 0 Å². The Labute approximate surface area is 129 Å². The molecule has 0 radical (unpaired) electrons. The van der Waals surface area contributed by atoms with Gasteiger partial charge in [0.1, 0.15) is 0 Å². The van der Waals surface area contributed by atoms with Gasteiger partial charge in [0.2, 0.25) is 0 Å². The van der Waals surface area contributed by atoms with Gasteiger partial charge in [-0.05, 0) is 23.3 Å². The van der Waals surface area contributed by atoms with Crippen molar-refractivity contribution in [3.8, 4) is 0 Å². The molecular weight excluding hydrogens is 310 g/mol. The molecule has 2 aromatic carbocycles. The number of carboxylic acids is 2. The summed E-state index contributed by atoms with van der Waals surface area (Å²) in [5.41, 5.74) is 0.313. The molecule has 0 aliphatic carbocycles. The second kappa shape index (κ2) is 8.23. The third kappa shape index (κ3) is 4.94. The van der Waals surface area contributed by atoms with E-state index in [2.05, 4.69) is 6.58 Å². The first-order valence-corrected chi connectivity index (χ1v) is 5.49. The SMILES string of the molecule is C=C(C)C(=O)[O-].O=C([O-])c1cccc2ccccc12.[Zn+2]. The molecule has 20 heavy (non-hydrogen) atoms. The van der Waals surface area contributed by atoms with Gasteiger partial charge in [0.05, 0.1) is 11.9 Å². The first-order chi connectivity index (χ1) is 8.93. The van der Waals surface area contributed by atoms with Crippen molar-refractivity contribution in [2.45, 2.75) is 6.92 Å². The van der Waals surface area contributed by atoms with Crippen LogP contribution in [0, 0.1) is 0 Å². The molecule has 0 saturated carbocycles. The Hall–Kier alpha value is -2.00. The van der Waals surface area contributed by atoms with Gasteiger partial charge in [-0.1, -0.05) is 49.0 Å². The molecule has 4 nitrogen and oxygen atoms in total. The molecular formula is C15H12O4Zn. The van der Waals surface area contributed by atoms with Crippen molar-refractivity contribution >= 4 is 22.7 Å². The fraction of sp³-hybridized carbons (Fsp3) is 0.0667. The number of carbonyl (C=O) groups is 2. The van der Waals surface area contributed by atoms with Crippen LogP contribution in [-0.2, 0) is 24.3 Å². The summed E-state index contributed by atoms with van der Waals surface area (Å²) in [5, 5.41) is 21.8. The Morgan fingerprint density at radius 2 is 1.50 bits per heavy atom. The van der Waals surface area contributed by atoms with Crippen LogP contribution in [0.1, 0.15) is 17.3 Å². The Balaban J connectivity index is 0.000000448. The van der Waals surface area contributed by atoms with E-state index in [0.717, 1.165) is 10.8 Å². The number of hydrogen-bond donors (Lipinski definition) is 0. The van der Waals surface area contributed by atoms with Crippen molar-refractivity contribution in [1.29, 1.82) is 0 Å². The maximum Gasteiger partial charge on any atom is 2.00 e. The number of benzene rings is 2. The van der Waals surface area contributed by atoms with E-state index >= 15 is 0 Å². The van der Waals surface area contributed by atoms with Crippen LogP contribution in [0.15, 0.2) is 54.6 Å². The number of carbonyl (C=O) groups excluding carboxylic acids is 2. The van der Waals surface area contributed by atoms with Crippen LogP contribution < -0.4 is 10.2 Å². The van der Waals surface area contributed by atoms with Gasteiger partial charge in [0, 0.05) is 5.56 Å². The van der Waals surface area contributed by atoms with Gasteiger partial charge in [-0.3, -0.25) is 0 Å². The van der Waals surface area contributed by atoms with Gasteiger partial charge in [0.15, 0.2) is 0 Å². The van der Waals surface area contributed by atoms with E-state index in [-0.39, 0.29) is 30.6 Å². The molecule has 0 unspecified atom stereocenters. The second-order valence-corrected chi connectivity index (χ2v) is 3.88. The van der Waals surface area contributed by atoms with E-state index in [0.29, 0.717) is 0 Å². The Bertz CT molecular complexity index is 617. The summed E-state index contributed by atoms with van der Waals surface area (Å²) >= 11 is 0. The van der Waals surface area contributed by atoms with E-state index in [1.54, 1.807) is 18.2 Å². The minimum Gasteiger partial charge on any atom is -0.545 e. The summed E-state index contributed by atoms with van der Waals surface area (Å²) in [5.74, 6) is -2.31. The predicted octanol–water partition coefficient (Wildman–Crippen LogP) is 0.513. The Morgan fingerprint density at radius 1 is 1.00 bits per heavy atom. The minimum absolute atomic E-state index is 0. The summed E-state index contributed by atoms with van der Waals surface area (Å²) < 4.78 is 0. The smallest absolute Gasteiger partial charge is 0.545 e. The fourth-order valence-electron chi connectivity index (χ4n) is 1.40. The van der Waals surface area contributed by atoms with Crippen molar-refractivity contribution in [1.82, 2.24) is 0 Å². The van der Waals surface area contributed by atoms with E-state index in [1.165, 1.54) is 6.92 Å². The number of aromatic carboxylic acids is 1. The average Bonchev–Trinajstić information content (AvgIpc) is 2.38. The monoisotopic (exact) mass is 320 g/mol. The van der Waals surface area contributed by atoms with E-state index in [1.807, 2.05) is 24.3 Å². The Kier molecular flexibility index (Phi) is 7.41. The third-order valence-corrected chi connectivity index (χ3v) is 2.36. The second-order valence-electron chi connectivity index (χ2n) is 3.88. The van der Waals surface area contributed by atoms with Crippen LogP contribution in [0.5, 0.6) is 0 Å². The fourth-order valence-corrected chi connectivity index (χ4v) is 1.40. The summed E-state index contributed by atoms with van der Waals surface area (Å²) in [4.78, 5) is 20.2. The standard InChI is InChI=1S/C11H8O2.C4H6O2.Zn/c12-11(13)10-7-3-5-8-4-1-2-6-9(8)10;1-3(2)4(5)6;/h1-7H,(H,12,13);1H2,2H3,(H,5,6);/q;;+2/p-2. The normalized spacial score (nSPS) is 8.85. The molecule has 0 aliphatic rings. The van der Waals surface area contributed by atoms with Gasteiger partial charge < -0.3 is 19.8 Å². The van der Waals surface area contributed by atoms with Crippen LogP contribution in [-0.4, -0.2) is 11.9 Å². The number of rotatable bonds is 2. The first-order valence-electron chi connectivity index (χ1n) is 5.49. The maximum absolute atomic E-state index is 10.7. The molecule has 0 amide bonds. The molecule has 0 N–H and O–H groups in total. The number of hydrogen-bond acceptors (Lipinski definition) is 4. The van der Waals surface area contributed by atoms with Gasteiger partial charge in [-0.15, -0.1) is 0 Å². The zero-order valence-electron chi connectivity index (χ0n) is 11.1. The number of aliphatic carboxylic acids is 1. The van der Waals surface area contributed by atoms with Gasteiger partial charge >= 0.3 is 19.5 Å². The van der Waals surface area contributed by atoms with Crippen molar-refractivity contribution < 1.29 is 39.3 Å². The van der Waals surface area contributed by atoms with E-state index in [4.69, 9.17) is 0 Å². The number of carboxylic acid groups (broad SMARTS) is 2. The van der Waals surface area contributed by atoms with Crippen LogP contribution in [0.4, 0.5) is 0 Å². The van der Waals surface area contributed by atoms with E-state index < -0.39 is 11.9 Å². The Morgan fingerprint density at radius 3 is 2.00 bits per heavy atom. The summed E-state index contributed by atoms with van der Waals surface area (Å²) in [7, 11) is 0. The third-order valence-electron chi connectivity index (χ3n) is 2.36. The summed E-state index contributed by atoms with van der Waals surface area (Å²) in [6, 6.07) is 12.5. The summed E-state index contributed by atoms with van der Waals surface area (Å²) in [6.45, 7) is 4.48. The minimum atomic E-state index is -1.19. The summed E-state index contributed by atoms with van der Waals surface area (Å²) in [6.07, 6.45) is 0. The molecule has 2 aromatic rings. The zero-order valence-corrected chi connectivity index (χ0v) is 14.1. The molecule has 5 heteroatoms. The van der Waals surface area contributed by atoms with Gasteiger partial charge in [-0.25, -0.2) is 0 Å². The average molecular weight is 322 g/mol. The molecule has 0 aliphatic heterocycles. The van der Waals surface area contributed by atoms with Crippen molar-refractivity contribution in [3.63, 3.8) is 0 Å². The van der Waals surface area contributed by atoms with Crippen molar-refractivity contribution in [3.05, 3.63) is 60.2 Å². The molecule has 0 fully saturated rings. The van der Waals surface area contributed by atoms with Crippen LogP contribution in [0.25, 0.3) is 10.8 Å². The molecule has 0 bridgehead atoms. The van der Waals surface area contributed by atoms with Crippen LogP contribution in [0.3, 0.4) is 0 Å². The van der Waals surface area contributed by atoms with Crippen molar-refractivity contribution in [2.75, 3.05) is 0 Å². The molecule has 0 saturated heterocycles.